The number of halogens is 1. The number of para-hydroxylation sites is 2. The molecule has 0 fully saturated rings. The first-order chi connectivity index (χ1) is 14.4. The van der Waals surface area contributed by atoms with Crippen molar-refractivity contribution < 1.29 is 13.2 Å². The number of aromatic nitrogens is 4. The Morgan fingerprint density at radius 1 is 1.07 bits per heavy atom. The molecule has 2 aromatic carbocycles. The van der Waals surface area contributed by atoms with E-state index in [2.05, 4.69) is 25.1 Å². The molecule has 0 radical (unpaired) electrons. The Morgan fingerprint density at radius 2 is 1.77 bits per heavy atom. The van der Waals surface area contributed by atoms with Gasteiger partial charge in [0.15, 0.2) is 11.6 Å². The summed E-state index contributed by atoms with van der Waals surface area (Å²) < 4.78 is 34.6. The quantitative estimate of drug-likeness (QED) is 0.467. The molecule has 0 aliphatic rings. The van der Waals surface area contributed by atoms with Crippen LogP contribution < -0.4 is 14.8 Å². The standard InChI is InChI=1S/C19H17ClN6O3S/c1-26-11-13(10-21-26)30(27,28)25-19-18(23-15-5-3-4-6-16(15)24-19)22-12-7-8-17(29-2)14(20)9-12/h3-11H,1-2H3,(H,22,23)(H,24,25). The molecule has 0 aliphatic heterocycles. The predicted octanol–water partition coefficient (Wildman–Crippen LogP) is 3.57. The van der Waals surface area contributed by atoms with E-state index in [4.69, 9.17) is 16.3 Å². The molecule has 154 valence electrons. The molecular formula is C19H17ClN6O3S. The van der Waals surface area contributed by atoms with Gasteiger partial charge in [0.25, 0.3) is 10.0 Å². The number of rotatable bonds is 6. The van der Waals surface area contributed by atoms with Gasteiger partial charge < -0.3 is 10.1 Å². The van der Waals surface area contributed by atoms with Crippen LogP contribution in [0.15, 0.2) is 59.8 Å². The lowest BCUT2D eigenvalue weighted by Crippen LogP contribution is -2.15. The van der Waals surface area contributed by atoms with Crippen LogP contribution in [-0.4, -0.2) is 35.3 Å². The van der Waals surface area contributed by atoms with Crippen LogP contribution in [-0.2, 0) is 17.1 Å². The van der Waals surface area contributed by atoms with Crippen LogP contribution in [0.4, 0.5) is 17.3 Å². The van der Waals surface area contributed by atoms with Gasteiger partial charge in [0, 0.05) is 18.9 Å². The summed E-state index contributed by atoms with van der Waals surface area (Å²) in [4.78, 5) is 8.99. The summed E-state index contributed by atoms with van der Waals surface area (Å²) in [5.41, 5.74) is 1.73. The first kappa shape index (κ1) is 19.9. The third kappa shape index (κ3) is 4.00. The van der Waals surface area contributed by atoms with Crippen molar-refractivity contribution in [2.45, 2.75) is 4.90 Å². The lowest BCUT2D eigenvalue weighted by molar-refractivity contribution is 0.415. The Hall–Kier alpha value is -3.37. The zero-order chi connectivity index (χ0) is 21.3. The molecule has 0 aliphatic carbocycles. The van der Waals surface area contributed by atoms with Crippen LogP contribution in [0.5, 0.6) is 5.75 Å². The number of aryl methyl sites for hydroxylation is 1. The Morgan fingerprint density at radius 3 is 2.37 bits per heavy atom. The Balaban J connectivity index is 1.77. The van der Waals surface area contributed by atoms with Crippen molar-refractivity contribution in [1.29, 1.82) is 0 Å². The van der Waals surface area contributed by atoms with Gasteiger partial charge >= 0.3 is 0 Å². The number of anilines is 3. The van der Waals surface area contributed by atoms with Gasteiger partial charge in [-0.3, -0.25) is 9.40 Å². The highest BCUT2D eigenvalue weighted by Gasteiger charge is 2.20. The zero-order valence-corrected chi connectivity index (χ0v) is 17.6. The van der Waals surface area contributed by atoms with Gasteiger partial charge in [-0.05, 0) is 30.3 Å². The minimum Gasteiger partial charge on any atom is -0.495 e. The summed E-state index contributed by atoms with van der Waals surface area (Å²) in [5, 5.41) is 7.38. The number of sulfonamides is 1. The smallest absolute Gasteiger partial charge is 0.266 e. The molecular weight excluding hydrogens is 428 g/mol. The SMILES string of the molecule is COc1ccc(Nc2nc3ccccc3nc2NS(=O)(=O)c2cnn(C)c2)cc1Cl. The maximum atomic E-state index is 12.8. The lowest BCUT2D eigenvalue weighted by atomic mass is 10.3. The van der Waals surface area contributed by atoms with Gasteiger partial charge in [-0.1, -0.05) is 23.7 Å². The first-order valence-corrected chi connectivity index (χ1v) is 10.6. The Labute approximate surface area is 177 Å². The van der Waals surface area contributed by atoms with Crippen molar-refractivity contribution in [2.75, 3.05) is 17.1 Å². The van der Waals surface area contributed by atoms with Crippen molar-refractivity contribution in [3.63, 3.8) is 0 Å². The molecule has 0 amide bonds. The van der Waals surface area contributed by atoms with E-state index in [0.29, 0.717) is 27.5 Å². The average molecular weight is 445 g/mol. The van der Waals surface area contributed by atoms with E-state index in [9.17, 15) is 8.42 Å². The summed E-state index contributed by atoms with van der Waals surface area (Å²) in [6.07, 6.45) is 2.65. The van der Waals surface area contributed by atoms with Gasteiger partial charge in [-0.25, -0.2) is 18.4 Å². The molecule has 2 N–H and O–H groups in total. The molecule has 4 rings (SSSR count). The molecule has 11 heteroatoms. The van der Waals surface area contributed by atoms with Crippen LogP contribution in [0.25, 0.3) is 11.0 Å². The van der Waals surface area contributed by atoms with E-state index in [1.807, 2.05) is 6.07 Å². The monoisotopic (exact) mass is 444 g/mol. The number of fused-ring (bicyclic) bond motifs is 1. The second-order valence-electron chi connectivity index (χ2n) is 6.34. The van der Waals surface area contributed by atoms with Crippen LogP contribution in [0.1, 0.15) is 0 Å². The summed E-state index contributed by atoms with van der Waals surface area (Å²) in [6, 6.07) is 12.2. The number of ether oxygens (including phenoxy) is 1. The highest BCUT2D eigenvalue weighted by Crippen LogP contribution is 2.31. The number of hydrogen-bond donors (Lipinski definition) is 2. The summed E-state index contributed by atoms with van der Waals surface area (Å²) in [5.74, 6) is 0.788. The lowest BCUT2D eigenvalue weighted by Gasteiger charge is -2.14. The molecule has 0 spiro atoms. The van der Waals surface area contributed by atoms with E-state index in [0.717, 1.165) is 0 Å². The Bertz CT molecular complexity index is 1340. The van der Waals surface area contributed by atoms with Crippen molar-refractivity contribution in [3.8, 4) is 5.75 Å². The highest BCUT2D eigenvalue weighted by molar-refractivity contribution is 7.92. The van der Waals surface area contributed by atoms with Crippen molar-refractivity contribution >= 4 is 50.0 Å². The molecule has 4 aromatic rings. The second-order valence-corrected chi connectivity index (χ2v) is 8.43. The first-order valence-electron chi connectivity index (χ1n) is 8.74. The number of benzene rings is 2. The van der Waals surface area contributed by atoms with Crippen molar-refractivity contribution in [1.82, 2.24) is 19.7 Å². The molecule has 2 aromatic heterocycles. The largest absolute Gasteiger partial charge is 0.495 e. The summed E-state index contributed by atoms with van der Waals surface area (Å²) in [6.45, 7) is 0. The topological polar surface area (TPSA) is 111 Å². The van der Waals surface area contributed by atoms with Crippen LogP contribution >= 0.6 is 11.6 Å². The van der Waals surface area contributed by atoms with Gasteiger partial charge in [-0.2, -0.15) is 5.10 Å². The molecule has 0 bridgehead atoms. The van der Waals surface area contributed by atoms with E-state index < -0.39 is 10.0 Å². The van der Waals surface area contributed by atoms with Gasteiger partial charge in [-0.15, -0.1) is 0 Å². The molecule has 0 unspecified atom stereocenters. The highest BCUT2D eigenvalue weighted by atomic mass is 35.5. The number of hydrogen-bond acceptors (Lipinski definition) is 7. The molecule has 0 saturated carbocycles. The van der Waals surface area contributed by atoms with Crippen molar-refractivity contribution in [2.24, 2.45) is 7.05 Å². The van der Waals surface area contributed by atoms with Gasteiger partial charge in [0.05, 0.1) is 29.4 Å². The third-order valence-electron chi connectivity index (χ3n) is 4.21. The fraction of sp³-hybridized carbons (Fsp3) is 0.105. The normalized spacial score (nSPS) is 11.4. The average Bonchev–Trinajstić information content (AvgIpc) is 3.16. The molecule has 0 atom stereocenters. The molecule has 0 saturated heterocycles. The molecule has 9 nitrogen and oxygen atoms in total. The zero-order valence-electron chi connectivity index (χ0n) is 16.0. The third-order valence-corrected chi connectivity index (χ3v) is 5.80. The number of methoxy groups -OCH3 is 1. The van der Waals surface area contributed by atoms with Crippen LogP contribution in [0.3, 0.4) is 0 Å². The summed E-state index contributed by atoms with van der Waals surface area (Å²) >= 11 is 6.20. The van der Waals surface area contributed by atoms with Gasteiger partial charge in [0.2, 0.25) is 0 Å². The number of nitrogens with zero attached hydrogens (tertiary/aromatic N) is 4. The fourth-order valence-electron chi connectivity index (χ4n) is 2.76. The minimum absolute atomic E-state index is 0.0124. The van der Waals surface area contributed by atoms with E-state index in [-0.39, 0.29) is 16.5 Å². The van der Waals surface area contributed by atoms with Crippen LogP contribution in [0.2, 0.25) is 5.02 Å². The van der Waals surface area contributed by atoms with E-state index >= 15 is 0 Å². The second kappa shape index (κ2) is 7.81. The molecule has 2 heterocycles. The van der Waals surface area contributed by atoms with E-state index in [1.165, 1.54) is 24.2 Å². The number of nitrogens with one attached hydrogen (secondary N) is 2. The molecule has 30 heavy (non-hydrogen) atoms. The maximum absolute atomic E-state index is 12.8. The summed E-state index contributed by atoms with van der Waals surface area (Å²) in [7, 11) is -0.760. The van der Waals surface area contributed by atoms with Crippen molar-refractivity contribution in [3.05, 3.63) is 59.9 Å². The minimum atomic E-state index is -3.92. The predicted molar refractivity (Wildman–Crippen MR) is 115 cm³/mol. The van der Waals surface area contributed by atoms with Gasteiger partial charge in [0.1, 0.15) is 10.6 Å². The maximum Gasteiger partial charge on any atom is 0.266 e. The van der Waals surface area contributed by atoms with Crippen LogP contribution in [0, 0.1) is 0 Å². The fourth-order valence-corrected chi connectivity index (χ4v) is 4.01. The Kier molecular flexibility index (Phi) is 5.18. The van der Waals surface area contributed by atoms with E-state index in [1.54, 1.807) is 43.4 Å².